The Labute approximate surface area is 94.4 Å². The fourth-order valence-electron chi connectivity index (χ4n) is 0.642. The lowest BCUT2D eigenvalue weighted by Crippen LogP contribution is -2.02. The van der Waals surface area contributed by atoms with Crippen LogP contribution in [0.25, 0.3) is 0 Å². The Kier molecular flexibility index (Phi) is 8.65. The minimum absolute atomic E-state index is 0.0990. The van der Waals surface area contributed by atoms with E-state index < -0.39 is 5.97 Å². The molecule has 0 N–H and O–H groups in total. The second-order valence-corrected chi connectivity index (χ2v) is 2.61. The number of hydrogen-bond donors (Lipinski definition) is 0. The van der Waals surface area contributed by atoms with Crippen molar-refractivity contribution in [1.82, 2.24) is 0 Å². The van der Waals surface area contributed by atoms with Gasteiger partial charge in [-0.25, -0.2) is 4.79 Å². The molecule has 0 fully saturated rings. The Morgan fingerprint density at radius 2 is 1.81 bits per heavy atom. The molecule has 0 aliphatic heterocycles. The van der Waals surface area contributed by atoms with Crippen molar-refractivity contribution in [1.29, 1.82) is 0 Å². The Morgan fingerprint density at radius 1 is 1.19 bits per heavy atom. The van der Waals surface area contributed by atoms with Crippen LogP contribution in [0.2, 0.25) is 0 Å². The first-order valence-corrected chi connectivity index (χ1v) is 4.59. The zero-order chi connectivity index (χ0) is 12.2. The van der Waals surface area contributed by atoms with E-state index in [9.17, 15) is 9.59 Å². The topological polar surface area (TPSA) is 61.8 Å². The van der Waals surface area contributed by atoms with Crippen LogP contribution in [0.5, 0.6) is 0 Å². The standard InChI is InChI=1S/C11H14O5/c1-10(12)15-8-3-4-9-16-11(13)6-5-7-14-2/h3-4H,7-9H2,1-2H3/b4-3-. The van der Waals surface area contributed by atoms with Gasteiger partial charge in [0.25, 0.3) is 0 Å². The molecular formula is C11H14O5. The van der Waals surface area contributed by atoms with Gasteiger partial charge in [0.1, 0.15) is 19.8 Å². The van der Waals surface area contributed by atoms with Gasteiger partial charge in [-0.15, -0.1) is 0 Å². The number of esters is 2. The highest BCUT2D eigenvalue weighted by atomic mass is 16.5. The molecule has 0 atom stereocenters. The van der Waals surface area contributed by atoms with E-state index in [1.165, 1.54) is 14.0 Å². The van der Waals surface area contributed by atoms with Gasteiger partial charge in [-0.1, -0.05) is 5.92 Å². The molecule has 0 bridgehead atoms. The number of carbonyl (C=O) groups excluding carboxylic acids is 2. The molecule has 88 valence electrons. The Hall–Kier alpha value is -1.80. The van der Waals surface area contributed by atoms with Gasteiger partial charge in [-0.3, -0.25) is 4.79 Å². The number of methoxy groups -OCH3 is 1. The lowest BCUT2D eigenvalue weighted by Gasteiger charge is -1.96. The molecule has 0 saturated heterocycles. The Morgan fingerprint density at radius 3 is 2.38 bits per heavy atom. The van der Waals surface area contributed by atoms with Crippen LogP contribution in [0.4, 0.5) is 0 Å². The van der Waals surface area contributed by atoms with Gasteiger partial charge in [-0.2, -0.15) is 0 Å². The van der Waals surface area contributed by atoms with Crippen LogP contribution in [0, 0.1) is 11.8 Å². The predicted octanol–water partition coefficient (Wildman–Crippen LogP) is 0.299. The van der Waals surface area contributed by atoms with Crippen molar-refractivity contribution in [2.45, 2.75) is 6.92 Å². The summed E-state index contributed by atoms with van der Waals surface area (Å²) >= 11 is 0. The first-order chi connectivity index (χ1) is 7.66. The number of hydrogen-bond acceptors (Lipinski definition) is 5. The lowest BCUT2D eigenvalue weighted by molar-refractivity contribution is -0.140. The van der Waals surface area contributed by atoms with E-state index in [-0.39, 0.29) is 25.8 Å². The van der Waals surface area contributed by atoms with Gasteiger partial charge in [0, 0.05) is 20.0 Å². The highest BCUT2D eigenvalue weighted by molar-refractivity contribution is 5.88. The zero-order valence-electron chi connectivity index (χ0n) is 9.32. The molecule has 0 aromatic heterocycles. The van der Waals surface area contributed by atoms with Gasteiger partial charge in [0.15, 0.2) is 0 Å². The van der Waals surface area contributed by atoms with Crippen molar-refractivity contribution in [2.24, 2.45) is 0 Å². The van der Waals surface area contributed by atoms with Crippen LogP contribution in [0.15, 0.2) is 12.2 Å². The molecule has 0 unspecified atom stereocenters. The van der Waals surface area contributed by atoms with Crippen molar-refractivity contribution in [3.05, 3.63) is 12.2 Å². The molecule has 0 amide bonds. The molecule has 0 rings (SSSR count). The van der Waals surface area contributed by atoms with Gasteiger partial charge in [0.2, 0.25) is 0 Å². The maximum atomic E-state index is 10.9. The molecule has 0 aliphatic carbocycles. The van der Waals surface area contributed by atoms with Crippen LogP contribution < -0.4 is 0 Å². The second kappa shape index (κ2) is 9.74. The number of carbonyl (C=O) groups is 2. The van der Waals surface area contributed by atoms with Gasteiger partial charge >= 0.3 is 11.9 Å². The molecular weight excluding hydrogens is 212 g/mol. The van der Waals surface area contributed by atoms with Crippen molar-refractivity contribution in [2.75, 3.05) is 26.9 Å². The van der Waals surface area contributed by atoms with Crippen LogP contribution in [0.3, 0.4) is 0 Å². The maximum Gasteiger partial charge on any atom is 0.384 e. The molecule has 5 heteroatoms. The highest BCUT2D eigenvalue weighted by Gasteiger charge is 1.93. The van der Waals surface area contributed by atoms with E-state index in [4.69, 9.17) is 4.74 Å². The summed E-state index contributed by atoms with van der Waals surface area (Å²) in [6.45, 7) is 1.78. The summed E-state index contributed by atoms with van der Waals surface area (Å²) in [7, 11) is 1.48. The van der Waals surface area contributed by atoms with Crippen LogP contribution in [0.1, 0.15) is 6.92 Å². The van der Waals surface area contributed by atoms with Crippen molar-refractivity contribution in [3.63, 3.8) is 0 Å². The van der Waals surface area contributed by atoms with Crippen LogP contribution >= 0.6 is 0 Å². The predicted molar refractivity (Wildman–Crippen MR) is 56.4 cm³/mol. The SMILES string of the molecule is COCC#CC(=O)OC/C=C\COC(C)=O. The third-order valence-electron chi connectivity index (χ3n) is 1.27. The minimum atomic E-state index is -0.616. The minimum Gasteiger partial charge on any atom is -0.462 e. The fraction of sp³-hybridized carbons (Fsp3) is 0.455. The van der Waals surface area contributed by atoms with Gasteiger partial charge < -0.3 is 14.2 Å². The maximum absolute atomic E-state index is 10.9. The summed E-state index contributed by atoms with van der Waals surface area (Å²) in [5.41, 5.74) is 0. The van der Waals surface area contributed by atoms with Crippen molar-refractivity contribution in [3.8, 4) is 11.8 Å². The van der Waals surface area contributed by atoms with E-state index in [0.29, 0.717) is 0 Å². The summed E-state index contributed by atoms with van der Waals surface area (Å²) in [5.74, 6) is 3.73. The van der Waals surface area contributed by atoms with Gasteiger partial charge in [-0.05, 0) is 12.2 Å². The van der Waals surface area contributed by atoms with Gasteiger partial charge in [0.05, 0.1) is 0 Å². The summed E-state index contributed by atoms with van der Waals surface area (Å²) in [4.78, 5) is 21.2. The summed E-state index contributed by atoms with van der Waals surface area (Å²) in [6.07, 6.45) is 3.15. The highest BCUT2D eigenvalue weighted by Crippen LogP contribution is 1.82. The van der Waals surface area contributed by atoms with E-state index in [0.717, 1.165) is 0 Å². The molecule has 0 spiro atoms. The first kappa shape index (κ1) is 14.2. The average Bonchev–Trinajstić information content (AvgIpc) is 2.23. The third kappa shape index (κ3) is 10.3. The van der Waals surface area contributed by atoms with Crippen molar-refractivity contribution >= 4 is 11.9 Å². The normalized spacial score (nSPS) is 9.38. The number of rotatable bonds is 5. The summed E-state index contributed by atoms with van der Waals surface area (Å²) in [6, 6.07) is 0. The van der Waals surface area contributed by atoms with Crippen LogP contribution in [-0.4, -0.2) is 38.9 Å². The summed E-state index contributed by atoms with van der Waals surface area (Å²) in [5, 5.41) is 0. The fourth-order valence-corrected chi connectivity index (χ4v) is 0.642. The van der Waals surface area contributed by atoms with E-state index in [1.54, 1.807) is 12.2 Å². The largest absolute Gasteiger partial charge is 0.462 e. The molecule has 0 aliphatic rings. The molecule has 16 heavy (non-hydrogen) atoms. The molecule has 0 saturated carbocycles. The summed E-state index contributed by atoms with van der Waals surface area (Å²) < 4.78 is 13.9. The number of ether oxygens (including phenoxy) is 3. The zero-order valence-corrected chi connectivity index (χ0v) is 9.32. The monoisotopic (exact) mass is 226 g/mol. The Bertz CT molecular complexity index is 308. The third-order valence-corrected chi connectivity index (χ3v) is 1.27. The average molecular weight is 226 g/mol. The first-order valence-electron chi connectivity index (χ1n) is 4.59. The quantitative estimate of drug-likeness (QED) is 0.292. The van der Waals surface area contributed by atoms with Crippen LogP contribution in [-0.2, 0) is 23.8 Å². The molecule has 0 heterocycles. The molecule has 0 aromatic rings. The van der Waals surface area contributed by atoms with E-state index >= 15 is 0 Å². The van der Waals surface area contributed by atoms with Crippen molar-refractivity contribution < 1.29 is 23.8 Å². The molecule has 0 aromatic carbocycles. The smallest absolute Gasteiger partial charge is 0.384 e. The second-order valence-electron chi connectivity index (χ2n) is 2.61. The molecule has 5 nitrogen and oxygen atoms in total. The van der Waals surface area contributed by atoms with E-state index in [2.05, 4.69) is 21.3 Å². The molecule has 0 radical (unpaired) electrons. The lowest BCUT2D eigenvalue weighted by atomic mass is 10.5. The van der Waals surface area contributed by atoms with E-state index in [1.807, 2.05) is 0 Å². The Balaban J connectivity index is 3.55.